The number of hydrogen-bond donors (Lipinski definition) is 1. The van der Waals surface area contributed by atoms with Crippen LogP contribution in [0.1, 0.15) is 48.5 Å². The first kappa shape index (κ1) is 10.8. The molecule has 0 spiro atoms. The molecule has 1 N–H and O–H groups in total. The smallest absolute Gasteiger partial charge is 0.0912 e. The molecule has 16 heavy (non-hydrogen) atoms. The third-order valence-electron chi connectivity index (χ3n) is 4.52. The summed E-state index contributed by atoms with van der Waals surface area (Å²) in [5, 5.41) is 10.5. The SMILES string of the molecule is CCc1ccc(C(O)C2CC3CCC2C3)s1. The predicted octanol–water partition coefficient (Wildman–Crippen LogP) is 3.78. The van der Waals surface area contributed by atoms with Crippen molar-refractivity contribution in [2.24, 2.45) is 17.8 Å². The number of hydrogen-bond acceptors (Lipinski definition) is 2. The zero-order valence-corrected chi connectivity index (χ0v) is 10.7. The van der Waals surface area contributed by atoms with Crippen LogP contribution in [0.4, 0.5) is 0 Å². The lowest BCUT2D eigenvalue weighted by molar-refractivity contribution is 0.0775. The van der Waals surface area contributed by atoms with Crippen LogP contribution >= 0.6 is 11.3 Å². The first-order valence-electron chi connectivity index (χ1n) is 6.54. The second-order valence-electron chi connectivity index (χ2n) is 5.44. The molecule has 2 fully saturated rings. The van der Waals surface area contributed by atoms with Crippen LogP contribution in [-0.2, 0) is 6.42 Å². The first-order valence-corrected chi connectivity index (χ1v) is 7.36. The average Bonchev–Trinajstić information content (AvgIpc) is 3.03. The molecule has 3 rings (SSSR count). The maximum Gasteiger partial charge on any atom is 0.0912 e. The van der Waals surface area contributed by atoms with Gasteiger partial charge < -0.3 is 5.11 Å². The summed E-state index contributed by atoms with van der Waals surface area (Å²) in [5.41, 5.74) is 0. The van der Waals surface area contributed by atoms with Crippen LogP contribution in [-0.4, -0.2) is 5.11 Å². The van der Waals surface area contributed by atoms with E-state index in [0.717, 1.165) is 18.3 Å². The second-order valence-corrected chi connectivity index (χ2v) is 6.64. The number of aliphatic hydroxyl groups is 1. The van der Waals surface area contributed by atoms with Gasteiger partial charge in [0.2, 0.25) is 0 Å². The van der Waals surface area contributed by atoms with Gasteiger partial charge in [0.25, 0.3) is 0 Å². The summed E-state index contributed by atoms with van der Waals surface area (Å²) in [4.78, 5) is 2.60. The lowest BCUT2D eigenvalue weighted by atomic mass is 9.84. The van der Waals surface area contributed by atoms with Crippen molar-refractivity contribution in [3.63, 3.8) is 0 Å². The summed E-state index contributed by atoms with van der Waals surface area (Å²) in [6, 6.07) is 4.32. The Hall–Kier alpha value is -0.340. The molecule has 0 saturated heterocycles. The fourth-order valence-electron chi connectivity index (χ4n) is 3.64. The molecule has 4 atom stereocenters. The zero-order valence-electron chi connectivity index (χ0n) is 9.86. The molecule has 1 nitrogen and oxygen atoms in total. The van der Waals surface area contributed by atoms with Crippen molar-refractivity contribution in [1.29, 1.82) is 0 Å². The van der Waals surface area contributed by atoms with E-state index in [-0.39, 0.29) is 6.10 Å². The Kier molecular flexibility index (Phi) is 2.80. The topological polar surface area (TPSA) is 20.2 Å². The monoisotopic (exact) mass is 236 g/mol. The van der Waals surface area contributed by atoms with E-state index in [2.05, 4.69) is 19.1 Å². The minimum Gasteiger partial charge on any atom is -0.387 e. The third-order valence-corrected chi connectivity index (χ3v) is 5.82. The molecule has 0 aromatic carbocycles. The third kappa shape index (κ3) is 1.72. The van der Waals surface area contributed by atoms with Crippen LogP contribution in [0.2, 0.25) is 0 Å². The van der Waals surface area contributed by atoms with Crippen LogP contribution < -0.4 is 0 Å². The first-order chi connectivity index (χ1) is 7.78. The van der Waals surface area contributed by atoms with Gasteiger partial charge in [0.05, 0.1) is 6.10 Å². The Bertz CT molecular complexity index is 371. The summed E-state index contributed by atoms with van der Waals surface area (Å²) < 4.78 is 0. The largest absolute Gasteiger partial charge is 0.387 e. The van der Waals surface area contributed by atoms with E-state index in [0.29, 0.717) is 5.92 Å². The predicted molar refractivity (Wildman–Crippen MR) is 67.6 cm³/mol. The number of aliphatic hydroxyl groups excluding tert-OH is 1. The zero-order chi connectivity index (χ0) is 11.1. The summed E-state index contributed by atoms with van der Waals surface area (Å²) in [6.45, 7) is 2.18. The van der Waals surface area contributed by atoms with Gasteiger partial charge in [-0.1, -0.05) is 13.3 Å². The minimum atomic E-state index is -0.180. The van der Waals surface area contributed by atoms with Gasteiger partial charge >= 0.3 is 0 Å². The maximum atomic E-state index is 10.5. The van der Waals surface area contributed by atoms with Gasteiger partial charge in [0, 0.05) is 9.75 Å². The Morgan fingerprint density at radius 1 is 1.38 bits per heavy atom. The number of rotatable bonds is 3. The Labute approximate surface area is 102 Å². The van der Waals surface area contributed by atoms with Crippen LogP contribution in [0.5, 0.6) is 0 Å². The van der Waals surface area contributed by atoms with Crippen LogP contribution in [0.3, 0.4) is 0 Å². The number of aryl methyl sites for hydroxylation is 1. The summed E-state index contributed by atoms with van der Waals surface area (Å²) in [7, 11) is 0. The molecule has 0 radical (unpaired) electrons. The van der Waals surface area contributed by atoms with E-state index in [1.54, 1.807) is 11.3 Å². The molecular formula is C14H20OS. The van der Waals surface area contributed by atoms with Crippen molar-refractivity contribution in [3.8, 4) is 0 Å². The van der Waals surface area contributed by atoms with Gasteiger partial charge in [-0.15, -0.1) is 11.3 Å². The summed E-state index contributed by atoms with van der Waals surface area (Å²) in [5.74, 6) is 2.30. The minimum absolute atomic E-state index is 0.180. The molecule has 4 unspecified atom stereocenters. The molecular weight excluding hydrogens is 216 g/mol. The molecule has 88 valence electrons. The normalized spacial score (nSPS) is 34.5. The quantitative estimate of drug-likeness (QED) is 0.846. The molecule has 1 aromatic rings. The Balaban J connectivity index is 1.75. The number of thiophene rings is 1. The average molecular weight is 236 g/mol. The van der Waals surface area contributed by atoms with Crippen molar-refractivity contribution in [2.75, 3.05) is 0 Å². The van der Waals surface area contributed by atoms with Crippen LogP contribution in [0.25, 0.3) is 0 Å². The van der Waals surface area contributed by atoms with E-state index >= 15 is 0 Å². The summed E-state index contributed by atoms with van der Waals surface area (Å²) in [6.07, 6.45) is 6.34. The highest BCUT2D eigenvalue weighted by Crippen LogP contribution is 2.53. The van der Waals surface area contributed by atoms with E-state index in [9.17, 15) is 5.11 Å². The van der Waals surface area contributed by atoms with Gasteiger partial charge in [0.1, 0.15) is 0 Å². The van der Waals surface area contributed by atoms with E-state index < -0.39 is 0 Å². The molecule has 2 aliphatic carbocycles. The highest BCUT2D eigenvalue weighted by Gasteiger charge is 2.43. The standard InChI is InChI=1S/C14H20OS/c1-2-11-5-6-13(16-11)14(15)12-8-9-3-4-10(12)7-9/h5-6,9-10,12,14-15H,2-4,7-8H2,1H3. The molecule has 1 aromatic heterocycles. The van der Waals surface area contributed by atoms with Crippen LogP contribution in [0, 0.1) is 17.8 Å². The Morgan fingerprint density at radius 3 is 2.81 bits per heavy atom. The van der Waals surface area contributed by atoms with Crippen molar-refractivity contribution in [1.82, 2.24) is 0 Å². The fraction of sp³-hybridized carbons (Fsp3) is 0.714. The van der Waals surface area contributed by atoms with Crippen molar-refractivity contribution in [3.05, 3.63) is 21.9 Å². The molecule has 2 aliphatic rings. The molecule has 2 heteroatoms. The van der Waals surface area contributed by atoms with Crippen molar-refractivity contribution in [2.45, 2.75) is 45.1 Å². The molecule has 2 bridgehead atoms. The maximum absolute atomic E-state index is 10.5. The lowest BCUT2D eigenvalue weighted by Gasteiger charge is -2.26. The Morgan fingerprint density at radius 2 is 2.25 bits per heavy atom. The second kappa shape index (κ2) is 4.15. The molecule has 2 saturated carbocycles. The highest BCUT2D eigenvalue weighted by atomic mass is 32.1. The van der Waals surface area contributed by atoms with Crippen LogP contribution in [0.15, 0.2) is 12.1 Å². The molecule has 1 heterocycles. The fourth-order valence-corrected chi connectivity index (χ4v) is 4.65. The lowest BCUT2D eigenvalue weighted by Crippen LogP contribution is -2.18. The van der Waals surface area contributed by atoms with Crippen molar-refractivity contribution < 1.29 is 5.11 Å². The van der Waals surface area contributed by atoms with Gasteiger partial charge in [-0.05, 0) is 55.6 Å². The summed E-state index contributed by atoms with van der Waals surface area (Å²) >= 11 is 1.81. The molecule has 0 amide bonds. The highest BCUT2D eigenvalue weighted by molar-refractivity contribution is 7.12. The van der Waals surface area contributed by atoms with Gasteiger partial charge in [-0.3, -0.25) is 0 Å². The van der Waals surface area contributed by atoms with E-state index in [1.165, 1.54) is 35.4 Å². The van der Waals surface area contributed by atoms with E-state index in [1.807, 2.05) is 0 Å². The molecule has 0 aliphatic heterocycles. The van der Waals surface area contributed by atoms with Gasteiger partial charge in [-0.25, -0.2) is 0 Å². The van der Waals surface area contributed by atoms with Crippen molar-refractivity contribution >= 4 is 11.3 Å². The van der Waals surface area contributed by atoms with Gasteiger partial charge in [-0.2, -0.15) is 0 Å². The van der Waals surface area contributed by atoms with E-state index in [4.69, 9.17) is 0 Å². The van der Waals surface area contributed by atoms with Gasteiger partial charge in [0.15, 0.2) is 0 Å². The number of fused-ring (bicyclic) bond motifs is 2.